The highest BCUT2D eigenvalue weighted by molar-refractivity contribution is 5.85. The van der Waals surface area contributed by atoms with E-state index < -0.39 is 0 Å². The van der Waals surface area contributed by atoms with Gasteiger partial charge in [0.05, 0.1) is 0 Å². The van der Waals surface area contributed by atoms with E-state index in [2.05, 4.69) is 47.4 Å². The van der Waals surface area contributed by atoms with Crippen LogP contribution in [-0.4, -0.2) is 48.4 Å². The van der Waals surface area contributed by atoms with Crippen LogP contribution in [0.25, 0.3) is 0 Å². The number of carbonyl (C=O) groups excluding carboxylic acids is 1. The number of amides is 1. The Morgan fingerprint density at radius 1 is 0.897 bits per heavy atom. The van der Waals surface area contributed by atoms with E-state index >= 15 is 0 Å². The van der Waals surface area contributed by atoms with Gasteiger partial charge in [-0.1, -0.05) is 60.7 Å². The second-order valence-electron chi connectivity index (χ2n) is 7.39. The van der Waals surface area contributed by atoms with Crippen LogP contribution in [0.15, 0.2) is 60.7 Å². The van der Waals surface area contributed by atoms with E-state index in [0.717, 1.165) is 45.4 Å². The summed E-state index contributed by atoms with van der Waals surface area (Å²) >= 11 is 0. The van der Waals surface area contributed by atoms with Crippen molar-refractivity contribution in [3.63, 3.8) is 0 Å². The molecule has 2 aromatic carbocycles. The zero-order valence-electron chi connectivity index (χ0n) is 16.9. The van der Waals surface area contributed by atoms with Crippen LogP contribution in [0.1, 0.15) is 24.0 Å². The van der Waals surface area contributed by atoms with Crippen molar-refractivity contribution >= 4 is 30.7 Å². The molecule has 3 rings (SSSR count). The van der Waals surface area contributed by atoms with Crippen molar-refractivity contribution in [1.82, 2.24) is 9.80 Å². The summed E-state index contributed by atoms with van der Waals surface area (Å²) in [6, 6.07) is 20.9. The third-order valence-corrected chi connectivity index (χ3v) is 5.41. The van der Waals surface area contributed by atoms with Gasteiger partial charge in [-0.2, -0.15) is 0 Å². The molecule has 0 unspecified atom stereocenters. The van der Waals surface area contributed by atoms with Crippen molar-refractivity contribution in [2.45, 2.75) is 25.8 Å². The highest BCUT2D eigenvalue weighted by atomic mass is 35.5. The molecule has 1 fully saturated rings. The molecule has 29 heavy (non-hydrogen) atoms. The van der Waals surface area contributed by atoms with Gasteiger partial charge >= 0.3 is 0 Å². The molecule has 0 atom stereocenters. The number of hydrogen-bond donors (Lipinski definition) is 1. The third-order valence-electron chi connectivity index (χ3n) is 5.41. The van der Waals surface area contributed by atoms with Crippen LogP contribution >= 0.6 is 24.8 Å². The Balaban J connectivity index is 0.00000210. The molecule has 0 aliphatic carbocycles. The van der Waals surface area contributed by atoms with E-state index in [1.54, 1.807) is 0 Å². The van der Waals surface area contributed by atoms with E-state index in [1.165, 1.54) is 11.1 Å². The summed E-state index contributed by atoms with van der Waals surface area (Å²) in [5, 5.41) is 0. The van der Waals surface area contributed by atoms with Gasteiger partial charge in [-0.05, 0) is 43.5 Å². The maximum atomic E-state index is 13.0. The lowest BCUT2D eigenvalue weighted by Gasteiger charge is -2.34. The summed E-state index contributed by atoms with van der Waals surface area (Å²) < 4.78 is 0. The smallest absolute Gasteiger partial charge is 0.225 e. The second kappa shape index (κ2) is 13.6. The number of piperidine rings is 1. The van der Waals surface area contributed by atoms with Gasteiger partial charge in [-0.25, -0.2) is 0 Å². The minimum atomic E-state index is 0. The van der Waals surface area contributed by atoms with Crippen LogP contribution in [0.2, 0.25) is 0 Å². The van der Waals surface area contributed by atoms with Gasteiger partial charge in [-0.3, -0.25) is 9.69 Å². The Kier molecular flexibility index (Phi) is 11.9. The Morgan fingerprint density at radius 3 is 2.00 bits per heavy atom. The van der Waals surface area contributed by atoms with Crippen LogP contribution in [0.5, 0.6) is 0 Å². The zero-order valence-corrected chi connectivity index (χ0v) is 18.5. The van der Waals surface area contributed by atoms with Crippen molar-refractivity contribution in [3.05, 3.63) is 71.8 Å². The van der Waals surface area contributed by atoms with Crippen LogP contribution < -0.4 is 5.73 Å². The molecule has 0 bridgehead atoms. The minimum absolute atomic E-state index is 0. The lowest BCUT2D eigenvalue weighted by atomic mass is 9.94. The van der Waals surface area contributed by atoms with Crippen molar-refractivity contribution in [1.29, 1.82) is 0 Å². The maximum Gasteiger partial charge on any atom is 0.225 e. The summed E-state index contributed by atoms with van der Waals surface area (Å²) in [6.07, 6.45) is 2.77. The molecule has 0 spiro atoms. The normalized spacial score (nSPS) is 14.5. The summed E-state index contributed by atoms with van der Waals surface area (Å²) in [5.41, 5.74) is 8.38. The Bertz CT molecular complexity index is 692. The molecule has 2 aromatic rings. The molecular weight excluding hydrogens is 405 g/mol. The topological polar surface area (TPSA) is 49.6 Å². The van der Waals surface area contributed by atoms with Crippen LogP contribution in [-0.2, 0) is 17.8 Å². The fraction of sp³-hybridized carbons (Fsp3) is 0.435. The van der Waals surface area contributed by atoms with Crippen molar-refractivity contribution in [3.8, 4) is 0 Å². The molecule has 0 aromatic heterocycles. The van der Waals surface area contributed by atoms with Gasteiger partial charge in [0.2, 0.25) is 5.91 Å². The summed E-state index contributed by atoms with van der Waals surface area (Å²) in [7, 11) is 0. The first-order valence-corrected chi connectivity index (χ1v) is 10.1. The van der Waals surface area contributed by atoms with Gasteiger partial charge < -0.3 is 10.6 Å². The number of benzene rings is 2. The summed E-state index contributed by atoms with van der Waals surface area (Å²) in [4.78, 5) is 17.5. The summed E-state index contributed by atoms with van der Waals surface area (Å²) in [6.45, 7) is 4.87. The van der Waals surface area contributed by atoms with E-state index in [-0.39, 0.29) is 36.6 Å². The average Bonchev–Trinajstić information content (AvgIpc) is 2.73. The molecule has 6 heteroatoms. The predicted molar refractivity (Wildman–Crippen MR) is 125 cm³/mol. The number of rotatable bonds is 8. The van der Waals surface area contributed by atoms with E-state index in [1.807, 2.05) is 23.1 Å². The van der Waals surface area contributed by atoms with Crippen molar-refractivity contribution in [2.75, 3.05) is 32.7 Å². The monoisotopic (exact) mass is 437 g/mol. The molecule has 1 heterocycles. The van der Waals surface area contributed by atoms with Gasteiger partial charge in [0.1, 0.15) is 0 Å². The zero-order chi connectivity index (χ0) is 18.9. The van der Waals surface area contributed by atoms with Crippen LogP contribution in [0.4, 0.5) is 0 Å². The number of nitrogens with two attached hydrogens (primary N) is 1. The molecule has 160 valence electrons. The minimum Gasteiger partial charge on any atom is -0.341 e. The molecule has 2 N–H and O–H groups in total. The number of likely N-dealkylation sites (tertiary alicyclic amines) is 1. The molecule has 0 radical (unpaired) electrons. The number of carbonyl (C=O) groups is 1. The van der Waals surface area contributed by atoms with E-state index in [0.29, 0.717) is 13.1 Å². The summed E-state index contributed by atoms with van der Waals surface area (Å²) in [5.74, 6) is 0.426. The van der Waals surface area contributed by atoms with Crippen molar-refractivity contribution in [2.24, 2.45) is 11.7 Å². The van der Waals surface area contributed by atoms with E-state index in [9.17, 15) is 4.79 Å². The average molecular weight is 438 g/mol. The molecule has 0 saturated carbocycles. The number of halogens is 2. The molecule has 1 aliphatic rings. The fourth-order valence-electron chi connectivity index (χ4n) is 3.83. The second-order valence-corrected chi connectivity index (χ2v) is 7.39. The van der Waals surface area contributed by atoms with Crippen LogP contribution in [0, 0.1) is 5.92 Å². The molecule has 1 amide bonds. The fourth-order valence-corrected chi connectivity index (χ4v) is 3.83. The highest BCUT2D eigenvalue weighted by Gasteiger charge is 2.28. The van der Waals surface area contributed by atoms with Crippen molar-refractivity contribution < 1.29 is 4.79 Å². The first kappa shape index (κ1) is 25.4. The highest BCUT2D eigenvalue weighted by Crippen LogP contribution is 2.21. The number of nitrogens with zero attached hydrogens (tertiary/aromatic N) is 2. The van der Waals surface area contributed by atoms with Gasteiger partial charge in [0, 0.05) is 32.1 Å². The van der Waals surface area contributed by atoms with E-state index in [4.69, 9.17) is 5.73 Å². The quantitative estimate of drug-likeness (QED) is 0.683. The van der Waals surface area contributed by atoms with Gasteiger partial charge in [0.15, 0.2) is 0 Å². The molecule has 1 aliphatic heterocycles. The Hall–Kier alpha value is -1.59. The Labute approximate surface area is 187 Å². The predicted octanol–water partition coefficient (Wildman–Crippen LogP) is 3.77. The number of hydrogen-bond acceptors (Lipinski definition) is 3. The van der Waals surface area contributed by atoms with Gasteiger partial charge in [0.25, 0.3) is 0 Å². The maximum absolute atomic E-state index is 13.0. The largest absolute Gasteiger partial charge is 0.341 e. The SMILES string of the molecule is Cl.Cl.NCCN(CCc1ccccc1)C(=O)C1CCN(Cc2ccccc2)CC1. The third kappa shape index (κ3) is 7.98. The first-order chi connectivity index (χ1) is 13.3. The molecule has 1 saturated heterocycles. The first-order valence-electron chi connectivity index (χ1n) is 10.1. The van der Waals surface area contributed by atoms with Crippen LogP contribution in [0.3, 0.4) is 0 Å². The standard InChI is InChI=1S/C23H31N3O.2ClH/c24-14-18-26(17-11-20-7-3-1-4-8-20)23(27)22-12-15-25(16-13-22)19-21-9-5-2-6-10-21;;/h1-10,22H,11-19,24H2;2*1H. The molecule has 4 nitrogen and oxygen atoms in total. The lowest BCUT2D eigenvalue weighted by molar-refractivity contribution is -0.137. The lowest BCUT2D eigenvalue weighted by Crippen LogP contribution is -2.44. The van der Waals surface area contributed by atoms with Gasteiger partial charge in [-0.15, -0.1) is 24.8 Å². The Morgan fingerprint density at radius 2 is 1.45 bits per heavy atom. The molecular formula is C23H33Cl2N3O.